The number of fused-ring (bicyclic) bond motifs is 1. The molecule has 2 amide bonds. The van der Waals surface area contributed by atoms with E-state index in [-0.39, 0.29) is 25.3 Å². The molecule has 0 bridgehead atoms. The number of nitrogens with one attached hydrogen (secondary N) is 2. The number of hydrogen-bond acceptors (Lipinski definition) is 4. The van der Waals surface area contributed by atoms with Crippen molar-refractivity contribution in [1.29, 1.82) is 0 Å². The van der Waals surface area contributed by atoms with Crippen LogP contribution < -0.4 is 20.1 Å². The lowest BCUT2D eigenvalue weighted by Crippen LogP contribution is -2.43. The summed E-state index contributed by atoms with van der Waals surface area (Å²) in [4.78, 5) is 23.2. The average molecular weight is 370 g/mol. The van der Waals surface area contributed by atoms with Crippen LogP contribution >= 0.6 is 0 Å². The quantitative estimate of drug-likeness (QED) is 0.664. The van der Waals surface area contributed by atoms with Crippen LogP contribution in [0.15, 0.2) is 48.5 Å². The van der Waals surface area contributed by atoms with Gasteiger partial charge in [0.15, 0.2) is 11.5 Å². The lowest BCUT2D eigenvalue weighted by atomic mass is 10.0. The summed E-state index contributed by atoms with van der Waals surface area (Å²) in [6, 6.07) is 14.6. The minimum atomic E-state index is -0.879. The van der Waals surface area contributed by atoms with Gasteiger partial charge < -0.3 is 25.2 Å². The van der Waals surface area contributed by atoms with Gasteiger partial charge in [0.05, 0.1) is 0 Å². The molecular formula is C20H22N2O5. The van der Waals surface area contributed by atoms with E-state index in [1.807, 2.05) is 48.5 Å². The Balaban J connectivity index is 1.54. The van der Waals surface area contributed by atoms with Gasteiger partial charge in [-0.15, -0.1) is 0 Å². The van der Waals surface area contributed by atoms with E-state index >= 15 is 0 Å². The Labute approximate surface area is 157 Å². The van der Waals surface area contributed by atoms with E-state index < -0.39 is 5.97 Å². The molecule has 2 aromatic carbocycles. The third kappa shape index (κ3) is 5.64. The molecule has 1 aliphatic rings. The third-order valence-electron chi connectivity index (χ3n) is 4.26. The zero-order chi connectivity index (χ0) is 19.1. The molecule has 0 aromatic heterocycles. The SMILES string of the molecule is O=C(O)CCC(Cc1ccccc1)NC(=O)NCc1ccc2c(c1)OCO2. The fourth-order valence-electron chi connectivity index (χ4n) is 2.89. The molecule has 3 rings (SSSR count). The number of benzene rings is 2. The molecule has 7 heteroatoms. The van der Waals surface area contributed by atoms with E-state index in [9.17, 15) is 9.59 Å². The molecular weight excluding hydrogens is 348 g/mol. The summed E-state index contributed by atoms with van der Waals surface area (Å²) in [5, 5.41) is 14.6. The van der Waals surface area contributed by atoms with Gasteiger partial charge in [0.2, 0.25) is 6.79 Å². The summed E-state index contributed by atoms with van der Waals surface area (Å²) in [5.41, 5.74) is 1.93. The molecule has 1 heterocycles. The number of hydrogen-bond donors (Lipinski definition) is 3. The molecule has 1 unspecified atom stereocenters. The minimum Gasteiger partial charge on any atom is -0.481 e. The van der Waals surface area contributed by atoms with Crippen molar-refractivity contribution in [1.82, 2.24) is 10.6 Å². The molecule has 7 nitrogen and oxygen atoms in total. The Kier molecular flexibility index (Phi) is 6.14. The Morgan fingerprint density at radius 2 is 1.81 bits per heavy atom. The molecule has 3 N–H and O–H groups in total. The van der Waals surface area contributed by atoms with Crippen LogP contribution in [0.4, 0.5) is 4.79 Å². The van der Waals surface area contributed by atoms with E-state index in [0.29, 0.717) is 30.9 Å². The smallest absolute Gasteiger partial charge is 0.315 e. The fraction of sp³-hybridized carbons (Fsp3) is 0.300. The van der Waals surface area contributed by atoms with E-state index in [1.54, 1.807) is 0 Å². The predicted molar refractivity (Wildman–Crippen MR) is 98.7 cm³/mol. The predicted octanol–water partition coefficient (Wildman–Crippen LogP) is 2.69. The first-order valence-corrected chi connectivity index (χ1v) is 8.79. The largest absolute Gasteiger partial charge is 0.481 e. The highest BCUT2D eigenvalue weighted by molar-refractivity contribution is 5.74. The maximum Gasteiger partial charge on any atom is 0.315 e. The molecule has 2 aromatic rings. The van der Waals surface area contributed by atoms with Crippen molar-refractivity contribution in [3.05, 3.63) is 59.7 Å². The van der Waals surface area contributed by atoms with Crippen molar-refractivity contribution in [2.24, 2.45) is 0 Å². The van der Waals surface area contributed by atoms with Gasteiger partial charge in [0.25, 0.3) is 0 Å². The number of carboxylic acid groups (broad SMARTS) is 1. The summed E-state index contributed by atoms with van der Waals surface area (Å²) in [5.74, 6) is 0.480. The van der Waals surface area contributed by atoms with Crippen LogP contribution in [0, 0.1) is 0 Å². The highest BCUT2D eigenvalue weighted by atomic mass is 16.7. The number of amides is 2. The summed E-state index contributed by atoms with van der Waals surface area (Å²) >= 11 is 0. The number of aliphatic carboxylic acids is 1. The number of carbonyl (C=O) groups is 2. The monoisotopic (exact) mass is 370 g/mol. The Hall–Kier alpha value is -3.22. The second-order valence-corrected chi connectivity index (χ2v) is 6.33. The second kappa shape index (κ2) is 8.93. The van der Waals surface area contributed by atoms with Gasteiger partial charge in [-0.1, -0.05) is 36.4 Å². The van der Waals surface area contributed by atoms with E-state index in [0.717, 1.165) is 11.1 Å². The third-order valence-corrected chi connectivity index (χ3v) is 4.26. The highest BCUT2D eigenvalue weighted by Crippen LogP contribution is 2.32. The van der Waals surface area contributed by atoms with Gasteiger partial charge in [0.1, 0.15) is 0 Å². The summed E-state index contributed by atoms with van der Waals surface area (Å²) in [6.07, 6.45) is 0.938. The van der Waals surface area contributed by atoms with Gasteiger partial charge in [-0.05, 0) is 36.1 Å². The molecule has 142 valence electrons. The summed E-state index contributed by atoms with van der Waals surface area (Å²) < 4.78 is 10.6. The van der Waals surface area contributed by atoms with Crippen molar-refractivity contribution in [2.45, 2.75) is 31.8 Å². The van der Waals surface area contributed by atoms with Gasteiger partial charge in [-0.3, -0.25) is 4.79 Å². The molecule has 1 atom stereocenters. The highest BCUT2D eigenvalue weighted by Gasteiger charge is 2.16. The van der Waals surface area contributed by atoms with E-state index in [1.165, 1.54) is 0 Å². The number of carbonyl (C=O) groups excluding carboxylic acids is 1. The minimum absolute atomic E-state index is 0.0000583. The van der Waals surface area contributed by atoms with Crippen LogP contribution in [-0.4, -0.2) is 29.9 Å². The molecule has 0 saturated carbocycles. The van der Waals surface area contributed by atoms with Crippen LogP contribution in [0.3, 0.4) is 0 Å². The first-order chi connectivity index (χ1) is 13.1. The lowest BCUT2D eigenvalue weighted by molar-refractivity contribution is -0.137. The van der Waals surface area contributed by atoms with Crippen molar-refractivity contribution >= 4 is 12.0 Å². The number of rotatable bonds is 8. The van der Waals surface area contributed by atoms with Crippen LogP contribution in [0.5, 0.6) is 11.5 Å². The normalized spacial score (nSPS) is 13.0. The van der Waals surface area contributed by atoms with Gasteiger partial charge in [-0.2, -0.15) is 0 Å². The van der Waals surface area contributed by atoms with E-state index in [2.05, 4.69) is 10.6 Å². The van der Waals surface area contributed by atoms with Crippen molar-refractivity contribution < 1.29 is 24.2 Å². The van der Waals surface area contributed by atoms with Crippen LogP contribution in [0.1, 0.15) is 24.0 Å². The molecule has 0 fully saturated rings. The zero-order valence-corrected chi connectivity index (χ0v) is 14.8. The molecule has 0 aliphatic carbocycles. The topological polar surface area (TPSA) is 96.9 Å². The summed E-state index contributed by atoms with van der Waals surface area (Å²) in [7, 11) is 0. The second-order valence-electron chi connectivity index (χ2n) is 6.33. The van der Waals surface area contributed by atoms with Crippen LogP contribution in [-0.2, 0) is 17.8 Å². The zero-order valence-electron chi connectivity index (χ0n) is 14.8. The molecule has 1 aliphatic heterocycles. The van der Waals surface area contributed by atoms with Gasteiger partial charge >= 0.3 is 12.0 Å². The number of carboxylic acids is 1. The first kappa shape index (κ1) is 18.6. The van der Waals surface area contributed by atoms with Crippen molar-refractivity contribution in [3.8, 4) is 11.5 Å². The molecule has 27 heavy (non-hydrogen) atoms. The lowest BCUT2D eigenvalue weighted by Gasteiger charge is -2.19. The Morgan fingerprint density at radius 1 is 1.04 bits per heavy atom. The molecule has 0 saturated heterocycles. The molecule has 0 radical (unpaired) electrons. The van der Waals surface area contributed by atoms with Crippen LogP contribution in [0.2, 0.25) is 0 Å². The van der Waals surface area contributed by atoms with Gasteiger partial charge in [0, 0.05) is 19.0 Å². The van der Waals surface area contributed by atoms with Gasteiger partial charge in [-0.25, -0.2) is 4.79 Å². The summed E-state index contributed by atoms with van der Waals surface area (Å²) in [6.45, 7) is 0.539. The maximum atomic E-state index is 12.3. The maximum absolute atomic E-state index is 12.3. The first-order valence-electron chi connectivity index (χ1n) is 8.79. The molecule has 0 spiro atoms. The number of urea groups is 1. The Bertz CT molecular complexity index is 794. The van der Waals surface area contributed by atoms with Crippen LogP contribution in [0.25, 0.3) is 0 Å². The van der Waals surface area contributed by atoms with Crippen molar-refractivity contribution in [3.63, 3.8) is 0 Å². The average Bonchev–Trinajstić information content (AvgIpc) is 3.13. The Morgan fingerprint density at radius 3 is 2.59 bits per heavy atom. The van der Waals surface area contributed by atoms with Crippen molar-refractivity contribution in [2.75, 3.05) is 6.79 Å². The fourth-order valence-corrected chi connectivity index (χ4v) is 2.89. The standard InChI is InChI=1S/C20H22N2O5/c23-19(24)9-7-16(10-14-4-2-1-3-5-14)22-20(25)21-12-15-6-8-17-18(11-15)27-13-26-17/h1-6,8,11,16H,7,9-10,12-13H2,(H,23,24)(H2,21,22,25). The number of ether oxygens (including phenoxy) is 2. The van der Waals surface area contributed by atoms with E-state index in [4.69, 9.17) is 14.6 Å².